The van der Waals surface area contributed by atoms with Crippen LogP contribution in [-0.4, -0.2) is 36.7 Å². The van der Waals surface area contributed by atoms with Gasteiger partial charge < -0.3 is 9.97 Å². The minimum absolute atomic E-state index is 0.267. The molecule has 0 spiro atoms. The standard InChI is InChI=1S/C23H23N7O2/c31-20(29-22-25-12-13-26-22)16-8-4-10-17-18(16)28-23(27-17)30-21(32)19-15(9-5-11-24-19)14-6-2-1-3-7-14/h4-5,8-14H,1-3,6-7H2,(H2,25,26,29,31)(H2,27,28,30,32). The topological polar surface area (TPSA) is 128 Å². The second-order valence-electron chi connectivity index (χ2n) is 7.91. The first-order chi connectivity index (χ1) is 15.7. The lowest BCUT2D eigenvalue weighted by molar-refractivity contribution is 0.101. The summed E-state index contributed by atoms with van der Waals surface area (Å²) < 4.78 is 0. The van der Waals surface area contributed by atoms with Crippen LogP contribution in [0.25, 0.3) is 11.0 Å². The van der Waals surface area contributed by atoms with Crippen molar-refractivity contribution in [2.75, 3.05) is 10.6 Å². The molecule has 3 heterocycles. The summed E-state index contributed by atoms with van der Waals surface area (Å²) >= 11 is 0. The van der Waals surface area contributed by atoms with Crippen LogP contribution in [0.2, 0.25) is 0 Å². The van der Waals surface area contributed by atoms with Crippen molar-refractivity contribution >= 4 is 34.7 Å². The quantitative estimate of drug-likeness (QED) is 0.377. The van der Waals surface area contributed by atoms with Gasteiger partial charge in [-0.25, -0.2) is 9.97 Å². The normalized spacial score (nSPS) is 14.4. The third-order valence-corrected chi connectivity index (χ3v) is 5.82. The summed E-state index contributed by atoms with van der Waals surface area (Å²) in [7, 11) is 0. The predicted molar refractivity (Wildman–Crippen MR) is 121 cm³/mol. The van der Waals surface area contributed by atoms with Gasteiger partial charge in [0, 0.05) is 18.6 Å². The molecule has 1 aliphatic carbocycles. The fourth-order valence-electron chi connectivity index (χ4n) is 4.30. The molecule has 9 nitrogen and oxygen atoms in total. The lowest BCUT2D eigenvalue weighted by Gasteiger charge is -2.23. The van der Waals surface area contributed by atoms with Gasteiger partial charge in [0.25, 0.3) is 11.8 Å². The molecule has 0 atom stereocenters. The summed E-state index contributed by atoms with van der Waals surface area (Å²) in [5.74, 6) is 0.307. The highest BCUT2D eigenvalue weighted by molar-refractivity contribution is 6.11. The Balaban J connectivity index is 1.39. The number of anilines is 2. The van der Waals surface area contributed by atoms with E-state index in [1.165, 1.54) is 19.3 Å². The van der Waals surface area contributed by atoms with Crippen LogP contribution in [0.15, 0.2) is 48.9 Å². The second kappa shape index (κ2) is 8.62. The van der Waals surface area contributed by atoms with E-state index in [9.17, 15) is 9.59 Å². The van der Waals surface area contributed by atoms with E-state index in [2.05, 4.69) is 35.6 Å². The van der Waals surface area contributed by atoms with Gasteiger partial charge in [0.2, 0.25) is 11.9 Å². The summed E-state index contributed by atoms with van der Waals surface area (Å²) in [5.41, 5.74) is 2.88. The Morgan fingerprint density at radius 2 is 1.75 bits per heavy atom. The van der Waals surface area contributed by atoms with Crippen LogP contribution < -0.4 is 10.6 Å². The first-order valence-corrected chi connectivity index (χ1v) is 10.7. The largest absolute Gasteiger partial charge is 0.331 e. The minimum Gasteiger partial charge on any atom is -0.331 e. The number of carbonyl (C=O) groups is 2. The number of nitrogens with one attached hydrogen (secondary N) is 4. The molecule has 5 rings (SSSR count). The highest BCUT2D eigenvalue weighted by Crippen LogP contribution is 2.34. The average Bonchev–Trinajstić information content (AvgIpc) is 3.48. The molecule has 9 heteroatoms. The predicted octanol–water partition coefficient (Wildman–Crippen LogP) is 4.23. The molecule has 2 amide bonds. The number of H-pyrrole nitrogens is 2. The maximum Gasteiger partial charge on any atom is 0.276 e. The summed E-state index contributed by atoms with van der Waals surface area (Å²) in [6.07, 6.45) is 10.6. The number of pyridine rings is 1. The number of amides is 2. The number of carbonyl (C=O) groups excluding carboxylic acids is 2. The smallest absolute Gasteiger partial charge is 0.276 e. The van der Waals surface area contributed by atoms with E-state index in [0.29, 0.717) is 34.2 Å². The maximum absolute atomic E-state index is 13.1. The van der Waals surface area contributed by atoms with Gasteiger partial charge in [-0.15, -0.1) is 0 Å². The molecule has 0 radical (unpaired) electrons. The van der Waals surface area contributed by atoms with Gasteiger partial charge >= 0.3 is 0 Å². The van der Waals surface area contributed by atoms with Crippen molar-refractivity contribution in [3.05, 3.63) is 65.7 Å². The molecule has 4 N–H and O–H groups in total. The van der Waals surface area contributed by atoms with Gasteiger partial charge in [0.1, 0.15) is 11.2 Å². The van der Waals surface area contributed by atoms with Crippen LogP contribution in [0.4, 0.5) is 11.9 Å². The van der Waals surface area contributed by atoms with E-state index in [-0.39, 0.29) is 17.8 Å². The van der Waals surface area contributed by atoms with E-state index < -0.39 is 0 Å². The number of aromatic amines is 2. The van der Waals surface area contributed by atoms with E-state index in [4.69, 9.17) is 0 Å². The van der Waals surface area contributed by atoms with Crippen molar-refractivity contribution in [1.29, 1.82) is 0 Å². The van der Waals surface area contributed by atoms with Gasteiger partial charge in [-0.3, -0.25) is 25.2 Å². The summed E-state index contributed by atoms with van der Waals surface area (Å²) in [5, 5.41) is 5.51. The third kappa shape index (κ3) is 3.96. The molecule has 0 unspecified atom stereocenters. The molecule has 1 aliphatic rings. The molecular weight excluding hydrogens is 406 g/mol. The number of rotatable bonds is 5. The van der Waals surface area contributed by atoms with Crippen LogP contribution in [0.5, 0.6) is 0 Å². The van der Waals surface area contributed by atoms with Crippen molar-refractivity contribution < 1.29 is 9.59 Å². The number of para-hydroxylation sites is 1. The second-order valence-corrected chi connectivity index (χ2v) is 7.91. The molecule has 3 aromatic heterocycles. The summed E-state index contributed by atoms with van der Waals surface area (Å²) in [4.78, 5) is 44.5. The molecule has 1 fully saturated rings. The van der Waals surface area contributed by atoms with Crippen molar-refractivity contribution in [3.8, 4) is 0 Å². The number of hydrogen-bond acceptors (Lipinski definition) is 5. The minimum atomic E-state index is -0.348. The average molecular weight is 429 g/mol. The van der Waals surface area contributed by atoms with Gasteiger partial charge in [0.05, 0.1) is 11.1 Å². The van der Waals surface area contributed by atoms with Crippen molar-refractivity contribution in [2.24, 2.45) is 0 Å². The van der Waals surface area contributed by atoms with Gasteiger partial charge in [-0.1, -0.05) is 31.4 Å². The Morgan fingerprint density at radius 1 is 0.906 bits per heavy atom. The molecule has 32 heavy (non-hydrogen) atoms. The highest BCUT2D eigenvalue weighted by atomic mass is 16.2. The summed E-state index contributed by atoms with van der Waals surface area (Å²) in [6, 6.07) is 9.10. The molecule has 1 saturated carbocycles. The third-order valence-electron chi connectivity index (χ3n) is 5.82. The fraction of sp³-hybridized carbons (Fsp3) is 0.261. The van der Waals surface area contributed by atoms with Crippen LogP contribution in [0.1, 0.15) is 64.4 Å². The zero-order valence-electron chi connectivity index (χ0n) is 17.4. The zero-order valence-corrected chi connectivity index (χ0v) is 17.4. The number of aromatic nitrogens is 5. The van der Waals surface area contributed by atoms with Crippen molar-refractivity contribution in [3.63, 3.8) is 0 Å². The maximum atomic E-state index is 13.1. The van der Waals surface area contributed by atoms with Crippen LogP contribution in [0.3, 0.4) is 0 Å². The van der Waals surface area contributed by atoms with Gasteiger partial charge in [0.15, 0.2) is 0 Å². The number of nitrogens with zero attached hydrogens (tertiary/aromatic N) is 3. The van der Waals surface area contributed by atoms with E-state index in [0.717, 1.165) is 18.4 Å². The molecule has 4 aromatic rings. The van der Waals surface area contributed by atoms with E-state index >= 15 is 0 Å². The molecular formula is C23H23N7O2. The Labute approximate surface area is 184 Å². The zero-order chi connectivity index (χ0) is 21.9. The van der Waals surface area contributed by atoms with Crippen LogP contribution >= 0.6 is 0 Å². The van der Waals surface area contributed by atoms with Crippen LogP contribution in [-0.2, 0) is 0 Å². The van der Waals surface area contributed by atoms with Crippen molar-refractivity contribution in [2.45, 2.75) is 38.0 Å². The van der Waals surface area contributed by atoms with Crippen molar-refractivity contribution in [1.82, 2.24) is 24.9 Å². The lowest BCUT2D eigenvalue weighted by atomic mass is 9.83. The fourth-order valence-corrected chi connectivity index (χ4v) is 4.30. The Morgan fingerprint density at radius 3 is 2.56 bits per heavy atom. The molecule has 162 valence electrons. The highest BCUT2D eigenvalue weighted by Gasteiger charge is 2.23. The Kier molecular flexibility index (Phi) is 5.37. The number of hydrogen-bond donors (Lipinski definition) is 4. The Hall–Kier alpha value is -4.01. The number of imidazole rings is 2. The first kappa shape index (κ1) is 19.9. The van der Waals surface area contributed by atoms with E-state index in [1.807, 2.05) is 12.1 Å². The molecule has 0 bridgehead atoms. The number of fused-ring (bicyclic) bond motifs is 1. The van der Waals surface area contributed by atoms with E-state index in [1.54, 1.807) is 36.8 Å². The molecule has 1 aromatic carbocycles. The first-order valence-electron chi connectivity index (χ1n) is 10.7. The van der Waals surface area contributed by atoms with Crippen LogP contribution in [0, 0.1) is 0 Å². The lowest BCUT2D eigenvalue weighted by Crippen LogP contribution is -2.19. The van der Waals surface area contributed by atoms with Gasteiger partial charge in [-0.2, -0.15) is 0 Å². The monoisotopic (exact) mass is 429 g/mol. The molecule has 0 aliphatic heterocycles. The number of benzene rings is 1. The van der Waals surface area contributed by atoms with Gasteiger partial charge in [-0.05, 0) is 42.5 Å². The summed E-state index contributed by atoms with van der Waals surface area (Å²) in [6.45, 7) is 0. The SMILES string of the molecule is O=C(Nc1nc2c(C(=O)Nc3ncc[nH]3)cccc2[nH]1)c1ncccc1C1CCCCC1. The molecule has 0 saturated heterocycles. The Bertz CT molecular complexity index is 1260.